The molecule has 2 nitrogen and oxygen atoms in total. The van der Waals surface area contributed by atoms with Gasteiger partial charge in [0.15, 0.2) is 0 Å². The molecule has 0 amide bonds. The highest BCUT2D eigenvalue weighted by atomic mass is 32.1. The standard InChI is InChI=1S/C15H24O2S/c1-2-17-15(13-6-4-3-5-7-13)14(16)10-12-8-9-18-11-12/h8-9,11,13-16H,2-7,10H2,1H3. The van der Waals surface area contributed by atoms with Crippen molar-refractivity contribution in [3.8, 4) is 0 Å². The van der Waals surface area contributed by atoms with Gasteiger partial charge < -0.3 is 9.84 Å². The van der Waals surface area contributed by atoms with Crippen LogP contribution in [0, 0.1) is 5.92 Å². The lowest BCUT2D eigenvalue weighted by Crippen LogP contribution is -2.38. The predicted molar refractivity (Wildman–Crippen MR) is 76.0 cm³/mol. The summed E-state index contributed by atoms with van der Waals surface area (Å²) in [5.41, 5.74) is 1.23. The third-order valence-electron chi connectivity index (χ3n) is 3.88. The fourth-order valence-electron chi connectivity index (χ4n) is 2.98. The van der Waals surface area contributed by atoms with Gasteiger partial charge in [-0.2, -0.15) is 11.3 Å². The van der Waals surface area contributed by atoms with E-state index in [9.17, 15) is 5.11 Å². The second kappa shape index (κ2) is 7.27. The largest absolute Gasteiger partial charge is 0.390 e. The van der Waals surface area contributed by atoms with Gasteiger partial charge in [0, 0.05) is 13.0 Å². The molecule has 0 aromatic carbocycles. The number of aliphatic hydroxyl groups excluding tert-OH is 1. The van der Waals surface area contributed by atoms with Gasteiger partial charge in [-0.1, -0.05) is 19.3 Å². The van der Waals surface area contributed by atoms with Crippen LogP contribution in [0.25, 0.3) is 0 Å². The number of thiophene rings is 1. The maximum absolute atomic E-state index is 10.4. The molecule has 2 unspecified atom stereocenters. The molecule has 1 heterocycles. The normalized spacial score (nSPS) is 20.8. The zero-order valence-electron chi connectivity index (χ0n) is 11.2. The number of ether oxygens (including phenoxy) is 1. The average molecular weight is 268 g/mol. The van der Waals surface area contributed by atoms with Gasteiger partial charge in [-0.3, -0.25) is 0 Å². The lowest BCUT2D eigenvalue weighted by molar-refractivity contribution is -0.0715. The molecule has 1 aromatic rings. The van der Waals surface area contributed by atoms with Gasteiger partial charge in [0.25, 0.3) is 0 Å². The van der Waals surface area contributed by atoms with Crippen LogP contribution in [0.3, 0.4) is 0 Å². The van der Waals surface area contributed by atoms with Crippen LogP contribution in [0.5, 0.6) is 0 Å². The molecule has 1 aliphatic rings. The molecule has 1 aromatic heterocycles. The summed E-state index contributed by atoms with van der Waals surface area (Å²) in [6.45, 7) is 2.72. The quantitative estimate of drug-likeness (QED) is 0.853. The second-order valence-corrected chi connectivity index (χ2v) is 6.00. The van der Waals surface area contributed by atoms with Crippen LogP contribution in [0.1, 0.15) is 44.6 Å². The van der Waals surface area contributed by atoms with Crippen molar-refractivity contribution in [3.63, 3.8) is 0 Å². The van der Waals surface area contributed by atoms with E-state index in [-0.39, 0.29) is 12.2 Å². The van der Waals surface area contributed by atoms with Gasteiger partial charge in [0.2, 0.25) is 0 Å². The fourth-order valence-corrected chi connectivity index (χ4v) is 3.66. The molecule has 1 fully saturated rings. The highest BCUT2D eigenvalue weighted by Gasteiger charge is 2.30. The zero-order chi connectivity index (χ0) is 12.8. The summed E-state index contributed by atoms with van der Waals surface area (Å²) >= 11 is 1.69. The van der Waals surface area contributed by atoms with Crippen LogP contribution in [-0.4, -0.2) is 23.9 Å². The van der Waals surface area contributed by atoms with Crippen molar-refractivity contribution in [2.24, 2.45) is 5.92 Å². The third kappa shape index (κ3) is 3.81. The van der Waals surface area contributed by atoms with E-state index in [1.54, 1.807) is 11.3 Å². The van der Waals surface area contributed by atoms with E-state index in [1.807, 2.05) is 6.92 Å². The van der Waals surface area contributed by atoms with E-state index in [4.69, 9.17) is 4.74 Å². The van der Waals surface area contributed by atoms with Crippen LogP contribution in [0.2, 0.25) is 0 Å². The molecule has 0 saturated heterocycles. The number of rotatable bonds is 6. The third-order valence-corrected chi connectivity index (χ3v) is 4.61. The molecule has 18 heavy (non-hydrogen) atoms. The van der Waals surface area contributed by atoms with Crippen LogP contribution in [0.4, 0.5) is 0 Å². The first-order valence-electron chi connectivity index (χ1n) is 7.12. The molecule has 0 spiro atoms. The summed E-state index contributed by atoms with van der Waals surface area (Å²) in [5.74, 6) is 0.548. The van der Waals surface area contributed by atoms with Gasteiger partial charge in [-0.25, -0.2) is 0 Å². The van der Waals surface area contributed by atoms with Crippen molar-refractivity contribution >= 4 is 11.3 Å². The lowest BCUT2D eigenvalue weighted by Gasteiger charge is -2.33. The lowest BCUT2D eigenvalue weighted by atomic mass is 9.82. The maximum Gasteiger partial charge on any atom is 0.0865 e. The molecule has 1 saturated carbocycles. The van der Waals surface area contributed by atoms with Crippen molar-refractivity contribution in [1.82, 2.24) is 0 Å². The summed E-state index contributed by atoms with van der Waals surface area (Å²) in [5, 5.41) is 14.6. The Morgan fingerprint density at radius 3 is 2.78 bits per heavy atom. The van der Waals surface area contributed by atoms with E-state index < -0.39 is 0 Å². The Kier molecular flexibility index (Phi) is 5.67. The van der Waals surface area contributed by atoms with E-state index in [0.29, 0.717) is 12.5 Å². The van der Waals surface area contributed by atoms with Gasteiger partial charge >= 0.3 is 0 Å². The first-order valence-corrected chi connectivity index (χ1v) is 8.06. The van der Waals surface area contributed by atoms with Crippen LogP contribution >= 0.6 is 11.3 Å². The summed E-state index contributed by atoms with van der Waals surface area (Å²) < 4.78 is 5.85. The molecule has 2 atom stereocenters. The molecule has 3 heteroatoms. The maximum atomic E-state index is 10.4. The first-order chi connectivity index (χ1) is 8.81. The Labute approximate surface area is 114 Å². The smallest absolute Gasteiger partial charge is 0.0865 e. The van der Waals surface area contributed by atoms with Crippen molar-refractivity contribution in [3.05, 3.63) is 22.4 Å². The summed E-state index contributed by atoms with van der Waals surface area (Å²) in [6, 6.07) is 2.10. The molecule has 2 rings (SSSR count). The Morgan fingerprint density at radius 1 is 1.39 bits per heavy atom. The monoisotopic (exact) mass is 268 g/mol. The predicted octanol–water partition coefficient (Wildman–Crippen LogP) is 3.64. The highest BCUT2D eigenvalue weighted by Crippen LogP contribution is 2.30. The molecule has 0 radical (unpaired) electrons. The number of hydrogen-bond acceptors (Lipinski definition) is 3. The minimum atomic E-state index is -0.359. The van der Waals surface area contributed by atoms with E-state index in [2.05, 4.69) is 16.8 Å². The Hall–Kier alpha value is -0.380. The van der Waals surface area contributed by atoms with Crippen molar-refractivity contribution in [1.29, 1.82) is 0 Å². The highest BCUT2D eigenvalue weighted by molar-refractivity contribution is 7.07. The van der Waals surface area contributed by atoms with E-state index >= 15 is 0 Å². The van der Waals surface area contributed by atoms with Crippen LogP contribution in [-0.2, 0) is 11.2 Å². The first kappa shape index (κ1) is 14.0. The Morgan fingerprint density at radius 2 is 2.17 bits per heavy atom. The van der Waals surface area contributed by atoms with Crippen molar-refractivity contribution in [2.45, 2.75) is 57.7 Å². The minimum Gasteiger partial charge on any atom is -0.390 e. The second-order valence-electron chi connectivity index (χ2n) is 5.22. The van der Waals surface area contributed by atoms with Crippen molar-refractivity contribution < 1.29 is 9.84 Å². The summed E-state index contributed by atoms with van der Waals surface area (Å²) in [6.07, 6.45) is 6.74. The van der Waals surface area contributed by atoms with Gasteiger partial charge in [0.05, 0.1) is 12.2 Å². The zero-order valence-corrected chi connectivity index (χ0v) is 12.0. The molecular weight excluding hydrogens is 244 g/mol. The molecular formula is C15H24O2S. The number of hydrogen-bond donors (Lipinski definition) is 1. The number of aliphatic hydroxyl groups is 1. The SMILES string of the molecule is CCOC(C(O)Cc1ccsc1)C1CCCCC1. The van der Waals surface area contributed by atoms with Crippen LogP contribution < -0.4 is 0 Å². The average Bonchev–Trinajstić information content (AvgIpc) is 2.89. The van der Waals surface area contributed by atoms with E-state index in [0.717, 1.165) is 6.42 Å². The topological polar surface area (TPSA) is 29.5 Å². The fraction of sp³-hybridized carbons (Fsp3) is 0.733. The van der Waals surface area contributed by atoms with E-state index in [1.165, 1.54) is 37.7 Å². The summed E-state index contributed by atoms with van der Waals surface area (Å²) in [7, 11) is 0. The molecule has 0 bridgehead atoms. The van der Waals surface area contributed by atoms with Gasteiger partial charge in [-0.05, 0) is 48.1 Å². The molecule has 0 aliphatic heterocycles. The van der Waals surface area contributed by atoms with Crippen molar-refractivity contribution in [2.75, 3.05) is 6.61 Å². The van der Waals surface area contributed by atoms with Gasteiger partial charge in [0.1, 0.15) is 0 Å². The Bertz CT molecular complexity index is 317. The minimum absolute atomic E-state index is 0.0233. The van der Waals surface area contributed by atoms with Crippen LogP contribution in [0.15, 0.2) is 16.8 Å². The molecule has 1 N–H and O–H groups in total. The summed E-state index contributed by atoms with van der Waals surface area (Å²) in [4.78, 5) is 0. The molecule has 1 aliphatic carbocycles. The molecule has 102 valence electrons. The van der Waals surface area contributed by atoms with Gasteiger partial charge in [-0.15, -0.1) is 0 Å². The Balaban J connectivity index is 1.94.